The van der Waals surface area contributed by atoms with Gasteiger partial charge in [-0.25, -0.2) is 4.68 Å². The van der Waals surface area contributed by atoms with Gasteiger partial charge in [0.25, 0.3) is 5.56 Å². The highest BCUT2D eigenvalue weighted by atomic mass is 16.3. The van der Waals surface area contributed by atoms with Crippen LogP contribution in [0.5, 0.6) is 0 Å². The molecule has 2 heterocycles. The van der Waals surface area contributed by atoms with Gasteiger partial charge in [0.15, 0.2) is 0 Å². The average molecular weight is 346 g/mol. The Bertz CT molecular complexity index is 828. The third-order valence-electron chi connectivity index (χ3n) is 4.44. The number of aromatic amines is 1. The number of fused-ring (bicyclic) bond motifs is 1. The summed E-state index contributed by atoms with van der Waals surface area (Å²) in [5, 5.41) is 17.9. The molecule has 0 aliphatic carbocycles. The van der Waals surface area contributed by atoms with Gasteiger partial charge in [0.2, 0.25) is 5.91 Å². The van der Waals surface area contributed by atoms with E-state index in [1.54, 1.807) is 16.9 Å². The molecule has 0 fully saturated rings. The van der Waals surface area contributed by atoms with Crippen LogP contribution in [0.2, 0.25) is 0 Å². The van der Waals surface area contributed by atoms with Crippen LogP contribution in [-0.4, -0.2) is 37.9 Å². The van der Waals surface area contributed by atoms with E-state index < -0.39 is 5.60 Å². The van der Waals surface area contributed by atoms with Crippen molar-refractivity contribution in [2.24, 2.45) is 0 Å². The molecule has 0 aromatic carbocycles. The first-order valence-electron chi connectivity index (χ1n) is 8.58. The topological polar surface area (TPSA) is 100 Å². The number of H-pyrrole nitrogens is 1. The van der Waals surface area contributed by atoms with Gasteiger partial charge in [-0.05, 0) is 38.8 Å². The molecule has 0 atom stereocenters. The predicted octanol–water partition coefficient (Wildman–Crippen LogP) is 1.99. The van der Waals surface area contributed by atoms with E-state index in [0.29, 0.717) is 24.1 Å². The van der Waals surface area contributed by atoms with Gasteiger partial charge in [-0.2, -0.15) is 5.10 Å². The Morgan fingerprint density at radius 3 is 2.72 bits per heavy atom. The number of nitrogens with one attached hydrogen (secondary N) is 2. The highest BCUT2D eigenvalue weighted by Gasteiger charge is 2.22. The molecule has 2 rings (SSSR count). The number of hydrogen-bond donors (Lipinski definition) is 3. The first kappa shape index (κ1) is 18.9. The van der Waals surface area contributed by atoms with Gasteiger partial charge in [0.1, 0.15) is 5.65 Å². The van der Waals surface area contributed by atoms with E-state index in [2.05, 4.69) is 15.4 Å². The summed E-state index contributed by atoms with van der Waals surface area (Å²) >= 11 is 0. The summed E-state index contributed by atoms with van der Waals surface area (Å²) in [7, 11) is 0. The summed E-state index contributed by atoms with van der Waals surface area (Å²) in [4.78, 5) is 26.9. The number of hydrogen-bond acceptors (Lipinski definition) is 4. The second-order valence-corrected chi connectivity index (χ2v) is 6.52. The van der Waals surface area contributed by atoms with Crippen molar-refractivity contribution in [2.75, 3.05) is 6.54 Å². The summed E-state index contributed by atoms with van der Waals surface area (Å²) in [5.74, 6) is -0.349. The number of nitrogens with zero attached hydrogens (tertiary/aromatic N) is 2. The molecular formula is C18H26N4O3. The third-order valence-corrected chi connectivity index (χ3v) is 4.44. The largest absolute Gasteiger partial charge is 0.388 e. The monoisotopic (exact) mass is 346 g/mol. The maximum atomic E-state index is 12.2. The van der Waals surface area contributed by atoms with Crippen molar-refractivity contribution < 1.29 is 9.90 Å². The fourth-order valence-electron chi connectivity index (χ4n) is 2.51. The van der Waals surface area contributed by atoms with E-state index in [-0.39, 0.29) is 24.1 Å². The number of amides is 1. The predicted molar refractivity (Wildman–Crippen MR) is 98.3 cm³/mol. The summed E-state index contributed by atoms with van der Waals surface area (Å²) in [6.45, 7) is 7.89. The minimum absolute atomic E-state index is 0.135. The summed E-state index contributed by atoms with van der Waals surface area (Å²) in [6.07, 6.45) is 5.57. The second-order valence-electron chi connectivity index (χ2n) is 6.52. The van der Waals surface area contributed by atoms with E-state index in [1.807, 2.05) is 27.7 Å². The number of aliphatic hydroxyl groups is 1. The van der Waals surface area contributed by atoms with E-state index in [0.717, 1.165) is 5.39 Å². The lowest BCUT2D eigenvalue weighted by Gasteiger charge is -2.24. The Morgan fingerprint density at radius 2 is 2.12 bits per heavy atom. The van der Waals surface area contributed by atoms with E-state index in [1.165, 1.54) is 12.2 Å². The smallest absolute Gasteiger partial charge is 0.256 e. The van der Waals surface area contributed by atoms with Crippen LogP contribution in [0.15, 0.2) is 23.1 Å². The maximum Gasteiger partial charge on any atom is 0.256 e. The van der Waals surface area contributed by atoms with Gasteiger partial charge in [-0.3, -0.25) is 9.59 Å². The lowest BCUT2D eigenvalue weighted by Crippen LogP contribution is -2.41. The van der Waals surface area contributed by atoms with Crippen molar-refractivity contribution in [2.45, 2.75) is 52.2 Å². The molecule has 1 amide bonds. The Balaban J connectivity index is 2.14. The van der Waals surface area contributed by atoms with Gasteiger partial charge in [0, 0.05) is 29.6 Å². The molecule has 0 bridgehead atoms. The normalized spacial score (nSPS) is 12.4. The van der Waals surface area contributed by atoms with Gasteiger partial charge >= 0.3 is 0 Å². The van der Waals surface area contributed by atoms with Crippen molar-refractivity contribution >= 4 is 23.0 Å². The van der Waals surface area contributed by atoms with Crippen molar-refractivity contribution in [3.05, 3.63) is 34.3 Å². The zero-order valence-electron chi connectivity index (χ0n) is 15.2. The van der Waals surface area contributed by atoms with Crippen LogP contribution >= 0.6 is 0 Å². The van der Waals surface area contributed by atoms with Gasteiger partial charge in [0.05, 0.1) is 11.8 Å². The molecule has 0 radical (unpaired) electrons. The van der Waals surface area contributed by atoms with Crippen molar-refractivity contribution in [3.63, 3.8) is 0 Å². The Hall–Kier alpha value is -2.41. The maximum absolute atomic E-state index is 12.2. The van der Waals surface area contributed by atoms with E-state index in [9.17, 15) is 14.7 Å². The molecule has 136 valence electrons. The molecule has 0 aliphatic rings. The standard InChI is InChI=1S/C18H26N4O3/c1-5-18(25,6-2)11-19-15(23)8-7-13-9-14-10-20-22(12(3)4)16(14)21-17(13)24/h7-10,12,25H,5-6,11H2,1-4H3,(H,19,23)(H,21,24). The van der Waals surface area contributed by atoms with Gasteiger partial charge < -0.3 is 15.4 Å². The van der Waals surface area contributed by atoms with Crippen LogP contribution in [0.4, 0.5) is 0 Å². The lowest BCUT2D eigenvalue weighted by atomic mass is 9.98. The third kappa shape index (κ3) is 4.36. The molecular weight excluding hydrogens is 320 g/mol. The fourth-order valence-corrected chi connectivity index (χ4v) is 2.51. The molecule has 0 aliphatic heterocycles. The molecule has 7 heteroatoms. The number of aromatic nitrogens is 3. The minimum Gasteiger partial charge on any atom is -0.388 e. The highest BCUT2D eigenvalue weighted by molar-refractivity contribution is 5.92. The molecule has 0 saturated carbocycles. The Labute approximate surface area is 146 Å². The van der Waals surface area contributed by atoms with Crippen LogP contribution in [0.1, 0.15) is 52.1 Å². The number of pyridine rings is 1. The zero-order chi connectivity index (χ0) is 18.6. The molecule has 3 N–H and O–H groups in total. The SMILES string of the molecule is CCC(O)(CC)CNC(=O)C=Cc1cc2cnn(C(C)C)c2[nH]c1=O. The number of carbonyl (C=O) groups excluding carboxylic acids is 1. The Kier molecular flexibility index (Phi) is 5.79. The molecule has 0 spiro atoms. The van der Waals surface area contributed by atoms with Crippen LogP contribution < -0.4 is 10.9 Å². The lowest BCUT2D eigenvalue weighted by molar-refractivity contribution is -0.117. The van der Waals surface area contributed by atoms with Crippen LogP contribution in [-0.2, 0) is 4.79 Å². The quantitative estimate of drug-likeness (QED) is 0.668. The number of rotatable bonds is 7. The number of carbonyl (C=O) groups is 1. The Morgan fingerprint density at radius 1 is 1.44 bits per heavy atom. The molecule has 25 heavy (non-hydrogen) atoms. The van der Waals surface area contributed by atoms with E-state index >= 15 is 0 Å². The minimum atomic E-state index is -0.898. The first-order chi connectivity index (χ1) is 11.8. The molecule has 7 nitrogen and oxygen atoms in total. The van der Waals surface area contributed by atoms with Gasteiger partial charge in [-0.15, -0.1) is 0 Å². The fraction of sp³-hybridized carbons (Fsp3) is 0.500. The van der Waals surface area contributed by atoms with Crippen molar-refractivity contribution in [1.29, 1.82) is 0 Å². The highest BCUT2D eigenvalue weighted by Crippen LogP contribution is 2.15. The zero-order valence-corrected chi connectivity index (χ0v) is 15.2. The van der Waals surface area contributed by atoms with Crippen LogP contribution in [0.3, 0.4) is 0 Å². The summed E-state index contributed by atoms with van der Waals surface area (Å²) in [5.41, 5.74) is -0.131. The van der Waals surface area contributed by atoms with Crippen LogP contribution in [0.25, 0.3) is 17.1 Å². The first-order valence-corrected chi connectivity index (χ1v) is 8.58. The van der Waals surface area contributed by atoms with Crippen LogP contribution in [0, 0.1) is 0 Å². The van der Waals surface area contributed by atoms with Crippen molar-refractivity contribution in [3.8, 4) is 0 Å². The molecule has 0 unspecified atom stereocenters. The molecule has 2 aromatic rings. The summed E-state index contributed by atoms with van der Waals surface area (Å²) < 4.78 is 1.74. The second kappa shape index (κ2) is 7.65. The molecule has 0 saturated heterocycles. The molecule has 2 aromatic heterocycles. The van der Waals surface area contributed by atoms with E-state index in [4.69, 9.17) is 0 Å². The van der Waals surface area contributed by atoms with Crippen molar-refractivity contribution in [1.82, 2.24) is 20.1 Å². The summed E-state index contributed by atoms with van der Waals surface area (Å²) in [6, 6.07) is 1.84. The average Bonchev–Trinajstić information content (AvgIpc) is 3.00. The van der Waals surface area contributed by atoms with Gasteiger partial charge in [-0.1, -0.05) is 13.8 Å².